The number of ether oxygens (including phenoxy) is 2. The summed E-state index contributed by atoms with van der Waals surface area (Å²) < 4.78 is 9.64. The molecule has 0 heterocycles. The van der Waals surface area contributed by atoms with Crippen molar-refractivity contribution in [3.05, 3.63) is 35.4 Å². The van der Waals surface area contributed by atoms with Gasteiger partial charge in [0.1, 0.15) is 6.04 Å². The van der Waals surface area contributed by atoms with Crippen molar-refractivity contribution in [3.63, 3.8) is 0 Å². The number of hydrogen-bond acceptors (Lipinski definition) is 5. The van der Waals surface area contributed by atoms with Crippen LogP contribution in [0.1, 0.15) is 36.2 Å². The molecule has 0 spiro atoms. The van der Waals surface area contributed by atoms with Crippen molar-refractivity contribution in [3.8, 4) is 0 Å². The van der Waals surface area contributed by atoms with Crippen molar-refractivity contribution < 1.29 is 23.9 Å². The Bertz CT molecular complexity index is 553. The number of esters is 2. The summed E-state index contributed by atoms with van der Waals surface area (Å²) in [6.45, 7) is 5.20. The van der Waals surface area contributed by atoms with E-state index in [4.69, 9.17) is 4.74 Å². The molecule has 0 aliphatic carbocycles. The standard InChI is InChI=1S/C17H23NO5/c1-5-12(3)15(17(21)22-4)18-14(19)10-23-16(20)13-8-6-11(2)7-9-13/h6-9,12,15H,5,10H2,1-4H3,(H,18,19). The molecule has 1 amide bonds. The van der Waals surface area contributed by atoms with Crippen LogP contribution >= 0.6 is 0 Å². The lowest BCUT2D eigenvalue weighted by Gasteiger charge is -2.21. The van der Waals surface area contributed by atoms with Gasteiger partial charge in [-0.2, -0.15) is 0 Å². The largest absolute Gasteiger partial charge is 0.467 e. The Morgan fingerprint density at radius 1 is 1.17 bits per heavy atom. The van der Waals surface area contributed by atoms with E-state index >= 15 is 0 Å². The molecule has 6 heteroatoms. The molecular weight excluding hydrogens is 298 g/mol. The number of nitrogens with one attached hydrogen (secondary N) is 1. The summed E-state index contributed by atoms with van der Waals surface area (Å²) in [5.74, 6) is -1.73. The number of hydrogen-bond donors (Lipinski definition) is 1. The molecule has 0 aliphatic rings. The van der Waals surface area contributed by atoms with Crippen molar-refractivity contribution in [1.82, 2.24) is 5.32 Å². The van der Waals surface area contributed by atoms with Crippen LogP contribution in [0.5, 0.6) is 0 Å². The normalized spacial score (nSPS) is 12.9. The zero-order valence-electron chi connectivity index (χ0n) is 13.9. The third kappa shape index (κ3) is 5.73. The van der Waals surface area contributed by atoms with E-state index in [1.165, 1.54) is 7.11 Å². The van der Waals surface area contributed by atoms with Gasteiger partial charge in [0.05, 0.1) is 12.7 Å². The molecule has 6 nitrogen and oxygen atoms in total. The van der Waals surface area contributed by atoms with Gasteiger partial charge in [-0.1, -0.05) is 38.0 Å². The van der Waals surface area contributed by atoms with Crippen molar-refractivity contribution in [2.75, 3.05) is 13.7 Å². The van der Waals surface area contributed by atoms with Crippen LogP contribution in [0.2, 0.25) is 0 Å². The van der Waals surface area contributed by atoms with Gasteiger partial charge >= 0.3 is 11.9 Å². The minimum Gasteiger partial charge on any atom is -0.467 e. The molecule has 1 N–H and O–H groups in total. The SMILES string of the molecule is CCC(C)C(NC(=O)COC(=O)c1ccc(C)cc1)C(=O)OC. The lowest BCUT2D eigenvalue weighted by molar-refractivity contribution is -0.147. The first kappa shape index (κ1) is 18.7. The summed E-state index contributed by atoms with van der Waals surface area (Å²) in [6.07, 6.45) is 0.698. The highest BCUT2D eigenvalue weighted by Gasteiger charge is 2.26. The van der Waals surface area contributed by atoms with Gasteiger partial charge in [0.15, 0.2) is 6.61 Å². The first-order valence-electron chi connectivity index (χ1n) is 7.50. The Morgan fingerprint density at radius 3 is 2.30 bits per heavy atom. The number of carbonyl (C=O) groups excluding carboxylic acids is 3. The van der Waals surface area contributed by atoms with E-state index in [9.17, 15) is 14.4 Å². The van der Waals surface area contributed by atoms with Crippen LogP contribution in [0.15, 0.2) is 24.3 Å². The number of carbonyl (C=O) groups is 3. The third-order valence-electron chi connectivity index (χ3n) is 3.61. The van der Waals surface area contributed by atoms with Gasteiger partial charge in [-0.3, -0.25) is 4.79 Å². The quantitative estimate of drug-likeness (QED) is 0.775. The van der Waals surface area contributed by atoms with E-state index in [0.29, 0.717) is 12.0 Å². The van der Waals surface area contributed by atoms with Crippen LogP contribution in [-0.4, -0.2) is 37.6 Å². The molecular formula is C17H23NO5. The van der Waals surface area contributed by atoms with Crippen LogP contribution in [0.4, 0.5) is 0 Å². The molecule has 1 aromatic carbocycles. The highest BCUT2D eigenvalue weighted by atomic mass is 16.5. The summed E-state index contributed by atoms with van der Waals surface area (Å²) in [6, 6.07) is 6.08. The maximum atomic E-state index is 11.9. The van der Waals surface area contributed by atoms with Crippen molar-refractivity contribution in [2.45, 2.75) is 33.2 Å². The second kappa shape index (κ2) is 8.92. The van der Waals surface area contributed by atoms with Gasteiger partial charge in [0.2, 0.25) is 0 Å². The first-order chi connectivity index (χ1) is 10.9. The van der Waals surface area contributed by atoms with Crippen LogP contribution in [0.25, 0.3) is 0 Å². The number of amides is 1. The zero-order chi connectivity index (χ0) is 17.4. The zero-order valence-corrected chi connectivity index (χ0v) is 13.9. The number of methoxy groups -OCH3 is 1. The summed E-state index contributed by atoms with van der Waals surface area (Å²) in [4.78, 5) is 35.4. The second-order valence-corrected chi connectivity index (χ2v) is 5.40. The van der Waals surface area contributed by atoms with E-state index in [1.54, 1.807) is 24.3 Å². The molecule has 23 heavy (non-hydrogen) atoms. The van der Waals surface area contributed by atoms with Crippen LogP contribution in [-0.2, 0) is 19.1 Å². The highest BCUT2D eigenvalue weighted by Crippen LogP contribution is 2.09. The molecule has 0 bridgehead atoms. The molecule has 0 radical (unpaired) electrons. The summed E-state index contributed by atoms with van der Waals surface area (Å²) >= 11 is 0. The number of aryl methyl sites for hydroxylation is 1. The van der Waals surface area contributed by atoms with Crippen LogP contribution in [0, 0.1) is 12.8 Å². The van der Waals surface area contributed by atoms with E-state index in [0.717, 1.165) is 5.56 Å². The Balaban J connectivity index is 2.56. The van der Waals surface area contributed by atoms with Gasteiger partial charge in [-0.05, 0) is 25.0 Å². The van der Waals surface area contributed by atoms with E-state index in [-0.39, 0.29) is 5.92 Å². The fourth-order valence-electron chi connectivity index (χ4n) is 1.92. The van der Waals surface area contributed by atoms with E-state index in [2.05, 4.69) is 10.1 Å². The average Bonchev–Trinajstić information content (AvgIpc) is 2.56. The molecule has 0 aliphatic heterocycles. The molecule has 1 rings (SSSR count). The fraction of sp³-hybridized carbons (Fsp3) is 0.471. The van der Waals surface area contributed by atoms with Gasteiger partial charge in [-0.25, -0.2) is 9.59 Å². The molecule has 126 valence electrons. The van der Waals surface area contributed by atoms with Crippen LogP contribution in [0.3, 0.4) is 0 Å². The number of rotatable bonds is 7. The number of benzene rings is 1. The Kier molecular flexibility index (Phi) is 7.25. The molecule has 0 aromatic heterocycles. The lowest BCUT2D eigenvalue weighted by atomic mass is 9.99. The molecule has 2 atom stereocenters. The fourth-order valence-corrected chi connectivity index (χ4v) is 1.92. The molecule has 2 unspecified atom stereocenters. The van der Waals surface area contributed by atoms with Crippen LogP contribution < -0.4 is 5.32 Å². The maximum Gasteiger partial charge on any atom is 0.338 e. The smallest absolute Gasteiger partial charge is 0.338 e. The average molecular weight is 321 g/mol. The predicted molar refractivity (Wildman–Crippen MR) is 84.9 cm³/mol. The summed E-state index contributed by atoms with van der Waals surface area (Å²) in [5.41, 5.74) is 1.39. The Hall–Kier alpha value is -2.37. The molecule has 0 saturated carbocycles. The molecule has 0 saturated heterocycles. The first-order valence-corrected chi connectivity index (χ1v) is 7.50. The predicted octanol–water partition coefficient (Wildman–Crippen LogP) is 1.86. The maximum absolute atomic E-state index is 11.9. The van der Waals surface area contributed by atoms with Crippen molar-refractivity contribution in [1.29, 1.82) is 0 Å². The lowest BCUT2D eigenvalue weighted by Crippen LogP contribution is -2.47. The minimum atomic E-state index is -0.754. The van der Waals surface area contributed by atoms with Crippen molar-refractivity contribution >= 4 is 17.8 Å². The summed E-state index contributed by atoms with van der Waals surface area (Å²) in [7, 11) is 1.27. The molecule has 1 aromatic rings. The van der Waals surface area contributed by atoms with Crippen molar-refractivity contribution in [2.24, 2.45) is 5.92 Å². The van der Waals surface area contributed by atoms with Gasteiger partial charge in [0.25, 0.3) is 5.91 Å². The monoisotopic (exact) mass is 321 g/mol. The minimum absolute atomic E-state index is 0.0841. The van der Waals surface area contributed by atoms with Gasteiger partial charge < -0.3 is 14.8 Å². The molecule has 0 fully saturated rings. The van der Waals surface area contributed by atoms with Gasteiger partial charge in [0, 0.05) is 0 Å². The van der Waals surface area contributed by atoms with E-state index < -0.39 is 30.5 Å². The Labute approximate surface area is 136 Å². The summed E-state index contributed by atoms with van der Waals surface area (Å²) in [5, 5.41) is 2.54. The van der Waals surface area contributed by atoms with E-state index in [1.807, 2.05) is 20.8 Å². The third-order valence-corrected chi connectivity index (χ3v) is 3.61. The Morgan fingerprint density at radius 2 is 1.78 bits per heavy atom. The topological polar surface area (TPSA) is 81.7 Å². The second-order valence-electron chi connectivity index (χ2n) is 5.40. The highest BCUT2D eigenvalue weighted by molar-refractivity contribution is 5.92. The van der Waals surface area contributed by atoms with Gasteiger partial charge in [-0.15, -0.1) is 0 Å².